The zero-order valence-electron chi connectivity index (χ0n) is 12.3. The van der Waals surface area contributed by atoms with Crippen LogP contribution in [-0.2, 0) is 6.42 Å². The predicted octanol–water partition coefficient (Wildman–Crippen LogP) is 3.38. The number of pyridine rings is 1. The summed E-state index contributed by atoms with van der Waals surface area (Å²) in [5, 5.41) is 0.974. The van der Waals surface area contributed by atoms with Crippen LogP contribution in [0.1, 0.15) is 4.88 Å². The Kier molecular flexibility index (Phi) is 4.46. The molecule has 0 saturated heterocycles. The second-order valence-corrected chi connectivity index (χ2v) is 5.88. The van der Waals surface area contributed by atoms with Crippen LogP contribution in [0.2, 0.25) is 0 Å². The topological polar surface area (TPSA) is 61.0 Å². The van der Waals surface area contributed by atoms with Crippen molar-refractivity contribution in [1.82, 2.24) is 9.97 Å². The zero-order chi connectivity index (χ0) is 15.4. The van der Waals surface area contributed by atoms with Gasteiger partial charge in [0.2, 0.25) is 0 Å². The molecule has 0 aliphatic rings. The van der Waals surface area contributed by atoms with Crippen molar-refractivity contribution in [2.24, 2.45) is 5.73 Å². The number of nitrogens with two attached hydrogens (primary N) is 1. The number of nitrogens with zero attached hydrogens (tertiary/aromatic N) is 2. The van der Waals surface area contributed by atoms with E-state index in [9.17, 15) is 0 Å². The molecule has 2 N–H and O–H groups in total. The van der Waals surface area contributed by atoms with Crippen molar-refractivity contribution in [2.45, 2.75) is 6.42 Å². The summed E-state index contributed by atoms with van der Waals surface area (Å²) in [6, 6.07) is 11.9. The fourth-order valence-corrected chi connectivity index (χ4v) is 3.33. The van der Waals surface area contributed by atoms with Gasteiger partial charge in [-0.3, -0.25) is 4.98 Å². The van der Waals surface area contributed by atoms with Crippen LogP contribution in [0.3, 0.4) is 0 Å². The number of hydrogen-bond donors (Lipinski definition) is 1. The molecular weight excluding hydrogens is 294 g/mol. The van der Waals surface area contributed by atoms with Crippen LogP contribution in [0.25, 0.3) is 21.8 Å². The van der Waals surface area contributed by atoms with E-state index in [-0.39, 0.29) is 0 Å². The first-order chi connectivity index (χ1) is 10.8. The smallest absolute Gasteiger partial charge is 0.125 e. The molecule has 3 aromatic rings. The lowest BCUT2D eigenvalue weighted by atomic mass is 10.1. The summed E-state index contributed by atoms with van der Waals surface area (Å²) in [6.45, 7) is 0.609. The first-order valence-corrected chi connectivity index (χ1v) is 7.88. The van der Waals surface area contributed by atoms with Gasteiger partial charge in [-0.15, -0.1) is 11.3 Å². The summed E-state index contributed by atoms with van der Waals surface area (Å²) in [4.78, 5) is 10.2. The van der Waals surface area contributed by atoms with Gasteiger partial charge in [-0.2, -0.15) is 0 Å². The minimum Gasteiger partial charge on any atom is -0.497 e. The molecule has 2 heterocycles. The molecule has 0 unspecified atom stereocenters. The molecule has 3 rings (SSSR count). The number of aromatic nitrogens is 2. The summed E-state index contributed by atoms with van der Waals surface area (Å²) in [5.41, 5.74) is 8.86. The van der Waals surface area contributed by atoms with E-state index in [0.717, 1.165) is 34.0 Å². The fraction of sp³-hybridized carbons (Fsp3) is 0.176. The van der Waals surface area contributed by atoms with Crippen LogP contribution in [-0.4, -0.2) is 23.6 Å². The molecule has 0 bridgehead atoms. The molecule has 0 aliphatic heterocycles. The van der Waals surface area contributed by atoms with Crippen LogP contribution in [0.4, 0.5) is 0 Å². The highest BCUT2D eigenvalue weighted by Gasteiger charge is 2.14. The summed E-state index contributed by atoms with van der Waals surface area (Å²) >= 11 is 1.68. The minimum atomic E-state index is 0.609. The SMILES string of the molecule is COc1ccc(-c2nc(-c3cccnc3)sc2CCN)cc1. The molecule has 0 fully saturated rings. The largest absolute Gasteiger partial charge is 0.497 e. The summed E-state index contributed by atoms with van der Waals surface area (Å²) in [7, 11) is 1.66. The molecule has 0 atom stereocenters. The normalized spacial score (nSPS) is 10.6. The Hall–Kier alpha value is -2.24. The third-order valence-corrected chi connectivity index (χ3v) is 4.50. The van der Waals surface area contributed by atoms with E-state index in [0.29, 0.717) is 6.54 Å². The average Bonchev–Trinajstić information content (AvgIpc) is 3.00. The Morgan fingerprint density at radius 3 is 2.59 bits per heavy atom. The van der Waals surface area contributed by atoms with Crippen molar-refractivity contribution in [1.29, 1.82) is 0 Å². The molecule has 5 heteroatoms. The highest BCUT2D eigenvalue weighted by atomic mass is 32.1. The molecule has 0 spiro atoms. The molecule has 2 aromatic heterocycles. The van der Waals surface area contributed by atoms with Crippen molar-refractivity contribution in [2.75, 3.05) is 13.7 Å². The van der Waals surface area contributed by atoms with Gasteiger partial charge in [0.05, 0.1) is 12.8 Å². The summed E-state index contributed by atoms with van der Waals surface area (Å²) in [6.07, 6.45) is 4.42. The standard InChI is InChI=1S/C17H17N3OS/c1-21-14-6-4-12(5-7-14)16-15(8-9-18)22-17(20-16)13-3-2-10-19-11-13/h2-7,10-11H,8-9,18H2,1H3. The molecule has 1 aromatic carbocycles. The van der Waals surface area contributed by atoms with Gasteiger partial charge in [0.1, 0.15) is 10.8 Å². The van der Waals surface area contributed by atoms with Gasteiger partial charge in [-0.25, -0.2) is 4.98 Å². The van der Waals surface area contributed by atoms with E-state index in [2.05, 4.69) is 4.98 Å². The molecule has 22 heavy (non-hydrogen) atoms. The molecule has 0 aliphatic carbocycles. The van der Waals surface area contributed by atoms with E-state index >= 15 is 0 Å². The maximum absolute atomic E-state index is 5.75. The Balaban J connectivity index is 2.03. The van der Waals surface area contributed by atoms with Gasteiger partial charge in [0.25, 0.3) is 0 Å². The Morgan fingerprint density at radius 1 is 1.14 bits per heavy atom. The van der Waals surface area contributed by atoms with Crippen molar-refractivity contribution >= 4 is 11.3 Å². The number of benzene rings is 1. The molecule has 0 radical (unpaired) electrons. The van der Waals surface area contributed by atoms with E-state index in [1.807, 2.05) is 42.6 Å². The van der Waals surface area contributed by atoms with Crippen LogP contribution in [0.5, 0.6) is 5.75 Å². The Morgan fingerprint density at radius 2 is 1.95 bits per heavy atom. The van der Waals surface area contributed by atoms with Crippen LogP contribution >= 0.6 is 11.3 Å². The third kappa shape index (κ3) is 3.00. The molecule has 0 saturated carbocycles. The van der Waals surface area contributed by atoms with Gasteiger partial charge >= 0.3 is 0 Å². The van der Waals surface area contributed by atoms with Crippen molar-refractivity contribution in [3.05, 3.63) is 53.7 Å². The van der Waals surface area contributed by atoms with Crippen molar-refractivity contribution < 1.29 is 4.74 Å². The predicted molar refractivity (Wildman–Crippen MR) is 90.1 cm³/mol. The highest BCUT2D eigenvalue weighted by molar-refractivity contribution is 7.15. The van der Waals surface area contributed by atoms with Gasteiger partial charge in [0, 0.05) is 28.4 Å². The minimum absolute atomic E-state index is 0.609. The highest BCUT2D eigenvalue weighted by Crippen LogP contribution is 2.34. The zero-order valence-corrected chi connectivity index (χ0v) is 13.1. The lowest BCUT2D eigenvalue weighted by Crippen LogP contribution is -2.02. The van der Waals surface area contributed by atoms with Crippen LogP contribution in [0, 0.1) is 0 Å². The first-order valence-electron chi connectivity index (χ1n) is 7.06. The van der Waals surface area contributed by atoms with Crippen molar-refractivity contribution in [3.8, 4) is 27.6 Å². The van der Waals surface area contributed by atoms with Crippen LogP contribution < -0.4 is 10.5 Å². The monoisotopic (exact) mass is 311 g/mol. The summed E-state index contributed by atoms with van der Waals surface area (Å²) < 4.78 is 5.21. The van der Waals surface area contributed by atoms with E-state index < -0.39 is 0 Å². The molecule has 4 nitrogen and oxygen atoms in total. The van der Waals surface area contributed by atoms with Gasteiger partial charge < -0.3 is 10.5 Å². The maximum atomic E-state index is 5.75. The second-order valence-electron chi connectivity index (χ2n) is 4.80. The van der Waals surface area contributed by atoms with E-state index in [1.165, 1.54) is 4.88 Å². The fourth-order valence-electron chi connectivity index (χ4n) is 2.24. The van der Waals surface area contributed by atoms with Crippen LogP contribution in [0.15, 0.2) is 48.8 Å². The van der Waals surface area contributed by atoms with E-state index in [4.69, 9.17) is 15.5 Å². The molecule has 112 valence electrons. The first kappa shape index (κ1) is 14.7. The number of ether oxygens (including phenoxy) is 1. The quantitative estimate of drug-likeness (QED) is 0.784. The third-order valence-electron chi connectivity index (χ3n) is 3.34. The van der Waals surface area contributed by atoms with E-state index in [1.54, 1.807) is 24.6 Å². The second kappa shape index (κ2) is 6.68. The molecule has 0 amide bonds. The summed E-state index contributed by atoms with van der Waals surface area (Å²) in [5.74, 6) is 0.840. The average molecular weight is 311 g/mol. The van der Waals surface area contributed by atoms with Gasteiger partial charge in [-0.05, 0) is 49.4 Å². The molecular formula is C17H17N3OS. The van der Waals surface area contributed by atoms with Gasteiger partial charge in [-0.1, -0.05) is 0 Å². The Bertz CT molecular complexity index is 738. The Labute approximate surface area is 133 Å². The number of hydrogen-bond acceptors (Lipinski definition) is 5. The number of rotatable bonds is 5. The van der Waals surface area contributed by atoms with Crippen molar-refractivity contribution in [3.63, 3.8) is 0 Å². The maximum Gasteiger partial charge on any atom is 0.125 e. The number of thiazole rings is 1. The lowest BCUT2D eigenvalue weighted by Gasteiger charge is -2.03. The van der Waals surface area contributed by atoms with Gasteiger partial charge in [0.15, 0.2) is 0 Å². The lowest BCUT2D eigenvalue weighted by molar-refractivity contribution is 0.415. The number of methoxy groups -OCH3 is 1.